The van der Waals surface area contributed by atoms with E-state index in [-0.39, 0.29) is 6.10 Å². The Labute approximate surface area is 101 Å². The molecule has 1 unspecified atom stereocenters. The van der Waals surface area contributed by atoms with Crippen LogP contribution in [0.2, 0.25) is 0 Å². The van der Waals surface area contributed by atoms with Crippen molar-refractivity contribution in [3.8, 4) is 11.5 Å². The number of aliphatic hydroxyl groups excluding tert-OH is 1. The van der Waals surface area contributed by atoms with Gasteiger partial charge >= 0.3 is 0 Å². The van der Waals surface area contributed by atoms with E-state index in [0.29, 0.717) is 19.8 Å². The molecule has 1 saturated heterocycles. The Morgan fingerprint density at radius 1 is 1.18 bits per heavy atom. The molecular weight excluding hydrogens is 218 g/mol. The molecule has 0 bridgehead atoms. The molecule has 92 valence electrons. The van der Waals surface area contributed by atoms with Gasteiger partial charge in [0.15, 0.2) is 11.5 Å². The van der Waals surface area contributed by atoms with Gasteiger partial charge in [-0.2, -0.15) is 0 Å². The van der Waals surface area contributed by atoms with Crippen molar-refractivity contribution < 1.29 is 14.6 Å². The molecule has 0 spiro atoms. The van der Waals surface area contributed by atoms with E-state index in [1.165, 1.54) is 0 Å². The van der Waals surface area contributed by atoms with Crippen LogP contribution in [-0.4, -0.2) is 37.5 Å². The van der Waals surface area contributed by atoms with Crippen molar-refractivity contribution in [2.75, 3.05) is 31.2 Å². The van der Waals surface area contributed by atoms with Gasteiger partial charge in [-0.1, -0.05) is 0 Å². The Morgan fingerprint density at radius 3 is 2.82 bits per heavy atom. The number of aliphatic hydroxyl groups is 1. The summed E-state index contributed by atoms with van der Waals surface area (Å²) in [7, 11) is 0. The fraction of sp³-hybridized carbons (Fsp3) is 0.538. The Hall–Kier alpha value is -1.42. The van der Waals surface area contributed by atoms with E-state index in [4.69, 9.17) is 9.47 Å². The molecule has 4 nitrogen and oxygen atoms in total. The molecule has 0 amide bonds. The first kappa shape index (κ1) is 10.7. The molecule has 0 saturated carbocycles. The number of rotatable bonds is 1. The minimum atomic E-state index is -0.211. The Kier molecular flexibility index (Phi) is 2.81. The standard InChI is InChI=1S/C13H17NO3/c15-11-2-1-5-14(9-11)10-3-4-12-13(8-10)17-7-6-16-12/h3-4,8,11,15H,1-2,5-7,9H2. The molecular formula is C13H17NO3. The Morgan fingerprint density at radius 2 is 2.00 bits per heavy atom. The topological polar surface area (TPSA) is 41.9 Å². The number of hydrogen-bond donors (Lipinski definition) is 1. The highest BCUT2D eigenvalue weighted by molar-refractivity contribution is 5.57. The number of nitrogens with zero attached hydrogens (tertiary/aromatic N) is 1. The molecule has 4 heteroatoms. The van der Waals surface area contributed by atoms with Gasteiger partial charge in [0.05, 0.1) is 6.10 Å². The fourth-order valence-electron chi connectivity index (χ4n) is 2.42. The van der Waals surface area contributed by atoms with E-state index in [1.807, 2.05) is 18.2 Å². The van der Waals surface area contributed by atoms with Crippen LogP contribution in [0.3, 0.4) is 0 Å². The van der Waals surface area contributed by atoms with Crippen LogP contribution in [0.4, 0.5) is 5.69 Å². The number of benzene rings is 1. The highest BCUT2D eigenvalue weighted by Gasteiger charge is 2.20. The number of fused-ring (bicyclic) bond motifs is 1. The number of piperidine rings is 1. The lowest BCUT2D eigenvalue weighted by molar-refractivity contribution is 0.154. The summed E-state index contributed by atoms with van der Waals surface area (Å²) in [5, 5.41) is 9.68. The van der Waals surface area contributed by atoms with Crippen molar-refractivity contribution >= 4 is 5.69 Å². The molecule has 0 radical (unpaired) electrons. The van der Waals surface area contributed by atoms with E-state index < -0.39 is 0 Å². The van der Waals surface area contributed by atoms with Crippen LogP contribution in [0.25, 0.3) is 0 Å². The van der Waals surface area contributed by atoms with E-state index >= 15 is 0 Å². The lowest BCUT2D eigenvalue weighted by Gasteiger charge is -2.32. The summed E-state index contributed by atoms with van der Waals surface area (Å²) in [6, 6.07) is 5.99. The number of β-amino-alcohol motifs (C(OH)–C–C–N with tert-alkyl or cyclic N) is 1. The molecule has 0 aromatic heterocycles. The second-order valence-electron chi connectivity index (χ2n) is 4.57. The highest BCUT2D eigenvalue weighted by Crippen LogP contribution is 2.34. The van der Waals surface area contributed by atoms with Crippen molar-refractivity contribution in [1.29, 1.82) is 0 Å². The van der Waals surface area contributed by atoms with Crippen molar-refractivity contribution in [2.24, 2.45) is 0 Å². The van der Waals surface area contributed by atoms with Gasteiger partial charge in [-0.25, -0.2) is 0 Å². The van der Waals surface area contributed by atoms with Gasteiger partial charge in [0, 0.05) is 24.8 Å². The summed E-state index contributed by atoms with van der Waals surface area (Å²) in [6.45, 7) is 2.93. The molecule has 1 aromatic carbocycles. The maximum Gasteiger partial charge on any atom is 0.163 e. The summed E-state index contributed by atoms with van der Waals surface area (Å²) >= 11 is 0. The normalized spacial score (nSPS) is 23.6. The summed E-state index contributed by atoms with van der Waals surface area (Å²) in [5.74, 6) is 1.63. The van der Waals surface area contributed by atoms with Crippen LogP contribution in [0, 0.1) is 0 Å². The number of ether oxygens (including phenoxy) is 2. The zero-order valence-electron chi connectivity index (χ0n) is 9.76. The van der Waals surface area contributed by atoms with Crippen LogP contribution in [0.5, 0.6) is 11.5 Å². The van der Waals surface area contributed by atoms with Crippen molar-refractivity contribution in [1.82, 2.24) is 0 Å². The van der Waals surface area contributed by atoms with Crippen molar-refractivity contribution in [3.63, 3.8) is 0 Å². The minimum absolute atomic E-state index is 0.211. The monoisotopic (exact) mass is 235 g/mol. The molecule has 17 heavy (non-hydrogen) atoms. The quantitative estimate of drug-likeness (QED) is 0.799. The molecule has 2 aliphatic heterocycles. The maximum atomic E-state index is 9.68. The first-order valence-corrected chi connectivity index (χ1v) is 6.15. The first-order valence-electron chi connectivity index (χ1n) is 6.15. The van der Waals surface area contributed by atoms with Gasteiger partial charge in [0.25, 0.3) is 0 Å². The predicted octanol–water partition coefficient (Wildman–Crippen LogP) is 1.42. The maximum absolute atomic E-state index is 9.68. The second kappa shape index (κ2) is 4.45. The van der Waals surface area contributed by atoms with Crippen molar-refractivity contribution in [2.45, 2.75) is 18.9 Å². The van der Waals surface area contributed by atoms with Gasteiger partial charge in [-0.15, -0.1) is 0 Å². The molecule has 1 N–H and O–H groups in total. The van der Waals surface area contributed by atoms with Crippen LogP contribution in [0.15, 0.2) is 18.2 Å². The van der Waals surface area contributed by atoms with Crippen molar-refractivity contribution in [3.05, 3.63) is 18.2 Å². The first-order chi connectivity index (χ1) is 8.33. The van der Waals surface area contributed by atoms with Gasteiger partial charge in [0.2, 0.25) is 0 Å². The largest absolute Gasteiger partial charge is 0.486 e. The van der Waals surface area contributed by atoms with E-state index in [1.54, 1.807) is 0 Å². The van der Waals surface area contributed by atoms with Crippen LogP contribution in [-0.2, 0) is 0 Å². The number of anilines is 1. The van der Waals surface area contributed by atoms with Crippen LogP contribution < -0.4 is 14.4 Å². The second-order valence-corrected chi connectivity index (χ2v) is 4.57. The summed E-state index contributed by atoms with van der Waals surface area (Å²) in [4.78, 5) is 2.20. The minimum Gasteiger partial charge on any atom is -0.486 e. The van der Waals surface area contributed by atoms with Gasteiger partial charge in [-0.3, -0.25) is 0 Å². The van der Waals surface area contributed by atoms with E-state index in [2.05, 4.69) is 4.90 Å². The summed E-state index contributed by atoms with van der Waals surface area (Å²) in [6.07, 6.45) is 1.73. The average molecular weight is 235 g/mol. The molecule has 3 rings (SSSR count). The number of hydrogen-bond acceptors (Lipinski definition) is 4. The molecule has 2 heterocycles. The van der Waals surface area contributed by atoms with Crippen LogP contribution in [0.1, 0.15) is 12.8 Å². The Bertz CT molecular complexity index is 408. The van der Waals surface area contributed by atoms with E-state index in [9.17, 15) is 5.11 Å². The average Bonchev–Trinajstić information content (AvgIpc) is 2.38. The third-order valence-electron chi connectivity index (χ3n) is 3.29. The molecule has 1 fully saturated rings. The molecule has 1 aromatic rings. The van der Waals surface area contributed by atoms with Gasteiger partial charge in [0.1, 0.15) is 13.2 Å². The highest BCUT2D eigenvalue weighted by atomic mass is 16.6. The zero-order valence-corrected chi connectivity index (χ0v) is 9.76. The fourth-order valence-corrected chi connectivity index (χ4v) is 2.42. The third kappa shape index (κ3) is 2.17. The third-order valence-corrected chi connectivity index (χ3v) is 3.29. The smallest absolute Gasteiger partial charge is 0.163 e. The van der Waals surface area contributed by atoms with Gasteiger partial charge < -0.3 is 19.5 Å². The zero-order chi connectivity index (χ0) is 11.7. The molecule has 0 aliphatic carbocycles. The summed E-state index contributed by atoms with van der Waals surface area (Å²) in [5.41, 5.74) is 1.10. The lowest BCUT2D eigenvalue weighted by atomic mass is 10.1. The predicted molar refractivity (Wildman–Crippen MR) is 64.9 cm³/mol. The molecule has 1 atom stereocenters. The van der Waals surface area contributed by atoms with Crippen LogP contribution >= 0.6 is 0 Å². The van der Waals surface area contributed by atoms with Gasteiger partial charge in [-0.05, 0) is 25.0 Å². The SMILES string of the molecule is OC1CCCN(c2ccc3c(c2)OCCO3)C1. The lowest BCUT2D eigenvalue weighted by Crippen LogP contribution is -2.38. The van der Waals surface area contributed by atoms with E-state index in [0.717, 1.165) is 36.6 Å². The summed E-state index contributed by atoms with van der Waals surface area (Å²) < 4.78 is 11.1. The Balaban J connectivity index is 1.83. The molecule has 2 aliphatic rings.